The number of hydrogen-bond acceptors (Lipinski definition) is 6. The number of hydrogen-bond donors (Lipinski definition) is 1. The van der Waals surface area contributed by atoms with E-state index in [0.717, 1.165) is 62.7 Å². The molecule has 0 radical (unpaired) electrons. The number of ether oxygens (including phenoxy) is 3. The summed E-state index contributed by atoms with van der Waals surface area (Å²) < 4.78 is 17.4. The Morgan fingerprint density at radius 2 is 1.74 bits per heavy atom. The molecule has 1 aliphatic rings. The van der Waals surface area contributed by atoms with Crippen molar-refractivity contribution in [1.29, 1.82) is 0 Å². The first-order valence-electron chi connectivity index (χ1n) is 13.8. The summed E-state index contributed by atoms with van der Waals surface area (Å²) in [5.41, 5.74) is 6.22. The molecule has 0 heterocycles. The van der Waals surface area contributed by atoms with Crippen molar-refractivity contribution >= 4 is 5.69 Å². The maximum absolute atomic E-state index is 9.94. The number of likely N-dealkylation sites (N-methyl/N-ethyl adjacent to an activating group) is 1. The van der Waals surface area contributed by atoms with Crippen LogP contribution in [-0.4, -0.2) is 57.5 Å². The fraction of sp³-hybridized carbons (Fsp3) is 0.394. The van der Waals surface area contributed by atoms with E-state index in [2.05, 4.69) is 72.8 Å². The van der Waals surface area contributed by atoms with Crippen molar-refractivity contribution < 1.29 is 19.3 Å². The van der Waals surface area contributed by atoms with Crippen LogP contribution in [0.5, 0.6) is 23.0 Å². The molecule has 0 saturated carbocycles. The number of nitrogens with zero attached hydrogens (tertiary/aromatic N) is 2. The summed E-state index contributed by atoms with van der Waals surface area (Å²) in [6.07, 6.45) is 4.80. The van der Waals surface area contributed by atoms with E-state index in [9.17, 15) is 5.11 Å². The van der Waals surface area contributed by atoms with Gasteiger partial charge in [0.15, 0.2) is 11.5 Å². The van der Waals surface area contributed by atoms with Crippen LogP contribution in [-0.2, 0) is 19.4 Å². The summed E-state index contributed by atoms with van der Waals surface area (Å²) in [5.74, 6) is 3.06. The van der Waals surface area contributed by atoms with Crippen LogP contribution in [0, 0.1) is 0 Å². The predicted octanol–water partition coefficient (Wildman–Crippen LogP) is 6.21. The van der Waals surface area contributed by atoms with Crippen LogP contribution >= 0.6 is 0 Å². The second-order valence-corrected chi connectivity index (χ2v) is 10.2. The first-order chi connectivity index (χ1) is 18.9. The van der Waals surface area contributed by atoms with Crippen LogP contribution in [0.1, 0.15) is 41.5 Å². The maximum Gasteiger partial charge on any atom is 0.162 e. The average molecular weight is 531 g/mol. The number of rotatable bonds is 13. The van der Waals surface area contributed by atoms with Crippen LogP contribution < -0.4 is 19.1 Å². The Bertz CT molecular complexity index is 1240. The minimum atomic E-state index is 0.340. The van der Waals surface area contributed by atoms with Gasteiger partial charge in [-0.1, -0.05) is 24.3 Å². The first-order valence-corrected chi connectivity index (χ1v) is 13.8. The average Bonchev–Trinajstić information content (AvgIpc) is 2.96. The largest absolute Gasteiger partial charge is 0.508 e. The van der Waals surface area contributed by atoms with Gasteiger partial charge in [-0.25, -0.2) is 0 Å². The smallest absolute Gasteiger partial charge is 0.162 e. The molecule has 6 heteroatoms. The van der Waals surface area contributed by atoms with Crippen molar-refractivity contribution in [3.05, 3.63) is 89.5 Å². The van der Waals surface area contributed by atoms with E-state index in [1.165, 1.54) is 27.9 Å². The summed E-state index contributed by atoms with van der Waals surface area (Å²) in [7, 11) is 5.45. The van der Waals surface area contributed by atoms with E-state index < -0.39 is 0 Å². The van der Waals surface area contributed by atoms with Gasteiger partial charge >= 0.3 is 0 Å². The van der Waals surface area contributed by atoms with E-state index in [1.807, 2.05) is 12.1 Å². The number of fused-ring (bicyclic) bond motifs is 1. The number of anilines is 1. The van der Waals surface area contributed by atoms with Crippen LogP contribution in [0.4, 0.5) is 5.69 Å². The van der Waals surface area contributed by atoms with E-state index in [4.69, 9.17) is 14.2 Å². The molecule has 3 aromatic carbocycles. The first kappa shape index (κ1) is 28.4. The number of benzene rings is 3. The Kier molecular flexibility index (Phi) is 9.77. The van der Waals surface area contributed by atoms with Gasteiger partial charge < -0.3 is 24.2 Å². The molecule has 0 aromatic heterocycles. The summed E-state index contributed by atoms with van der Waals surface area (Å²) in [4.78, 5) is 4.58. The van der Waals surface area contributed by atoms with Gasteiger partial charge in [0.25, 0.3) is 0 Å². The van der Waals surface area contributed by atoms with E-state index in [1.54, 1.807) is 20.3 Å². The van der Waals surface area contributed by atoms with E-state index in [-0.39, 0.29) is 0 Å². The summed E-state index contributed by atoms with van der Waals surface area (Å²) in [6.45, 7) is 9.95. The van der Waals surface area contributed by atoms with Gasteiger partial charge in [0.2, 0.25) is 0 Å². The van der Waals surface area contributed by atoms with Crippen LogP contribution in [0.2, 0.25) is 0 Å². The molecule has 0 saturated heterocycles. The number of phenols is 1. The van der Waals surface area contributed by atoms with E-state index >= 15 is 0 Å². The number of methoxy groups -OCH3 is 2. The lowest BCUT2D eigenvalue weighted by Crippen LogP contribution is -2.25. The fourth-order valence-corrected chi connectivity index (χ4v) is 5.40. The molecule has 0 amide bonds. The molecule has 6 nitrogen and oxygen atoms in total. The normalized spacial score (nSPS) is 14.5. The lowest BCUT2D eigenvalue weighted by Gasteiger charge is -2.32. The zero-order chi connectivity index (χ0) is 27.8. The molecule has 0 aliphatic heterocycles. The molecule has 39 heavy (non-hydrogen) atoms. The molecule has 1 unspecified atom stereocenters. The summed E-state index contributed by atoms with van der Waals surface area (Å²) in [6, 6.07) is 18.5. The Hall–Kier alpha value is -3.64. The molecule has 208 valence electrons. The minimum absolute atomic E-state index is 0.340. The molecule has 0 fully saturated rings. The molecule has 1 atom stereocenters. The molecule has 4 rings (SSSR count). The van der Waals surface area contributed by atoms with Gasteiger partial charge in [0.05, 0.1) is 14.2 Å². The SMILES string of the molecule is C=CCN(C)CCOc1ccc(CN(CC)c2cc(OC)c(OC)cc2C2CCc3cc(O)ccc3C2)cc1. The highest BCUT2D eigenvalue weighted by Gasteiger charge is 2.26. The van der Waals surface area contributed by atoms with Gasteiger partial charge in [-0.05, 0) is 91.7 Å². The third kappa shape index (κ3) is 7.07. The van der Waals surface area contributed by atoms with Gasteiger partial charge in [-0.3, -0.25) is 4.90 Å². The Labute approximate surface area is 233 Å². The topological polar surface area (TPSA) is 54.4 Å². The highest BCUT2D eigenvalue weighted by Crippen LogP contribution is 2.43. The summed E-state index contributed by atoms with van der Waals surface area (Å²) >= 11 is 0. The molecular formula is C33H42N2O4. The molecule has 3 aromatic rings. The Balaban J connectivity index is 1.55. The minimum Gasteiger partial charge on any atom is -0.508 e. The number of phenolic OH excluding ortho intramolecular Hbond substituents is 1. The van der Waals surface area contributed by atoms with Crippen molar-refractivity contribution in [2.75, 3.05) is 52.4 Å². The maximum atomic E-state index is 9.94. The standard InChI is InChI=1S/C33H42N2O4/c1-6-16-34(3)17-18-39-29-14-8-24(9-15-29)23-35(7-2)31-22-33(38-5)32(37-4)21-30(31)27-11-10-26-20-28(36)13-12-25(26)19-27/h6,8-9,12-15,20-22,27,36H,1,7,10-11,16-19,23H2,2-5H3. The van der Waals surface area contributed by atoms with Crippen molar-refractivity contribution in [3.63, 3.8) is 0 Å². The van der Waals surface area contributed by atoms with Crippen molar-refractivity contribution in [2.45, 2.75) is 38.6 Å². The predicted molar refractivity (Wildman–Crippen MR) is 159 cm³/mol. The lowest BCUT2D eigenvalue weighted by atomic mass is 9.79. The third-order valence-electron chi connectivity index (χ3n) is 7.59. The quantitative estimate of drug-likeness (QED) is 0.265. The van der Waals surface area contributed by atoms with Crippen molar-refractivity contribution in [3.8, 4) is 23.0 Å². The molecule has 1 aliphatic carbocycles. The Morgan fingerprint density at radius 3 is 2.44 bits per heavy atom. The second kappa shape index (κ2) is 13.4. The summed E-state index contributed by atoms with van der Waals surface area (Å²) in [5, 5.41) is 9.94. The zero-order valence-electron chi connectivity index (χ0n) is 23.8. The van der Waals surface area contributed by atoms with Crippen LogP contribution in [0.25, 0.3) is 0 Å². The second-order valence-electron chi connectivity index (χ2n) is 10.2. The van der Waals surface area contributed by atoms with Crippen LogP contribution in [0.15, 0.2) is 67.3 Å². The highest BCUT2D eigenvalue weighted by molar-refractivity contribution is 5.64. The zero-order valence-corrected chi connectivity index (χ0v) is 23.8. The van der Waals surface area contributed by atoms with E-state index in [0.29, 0.717) is 18.3 Å². The fourth-order valence-electron chi connectivity index (χ4n) is 5.40. The van der Waals surface area contributed by atoms with Crippen molar-refractivity contribution in [2.24, 2.45) is 0 Å². The van der Waals surface area contributed by atoms with Gasteiger partial charge in [0.1, 0.15) is 18.1 Å². The Morgan fingerprint density at radius 1 is 1.00 bits per heavy atom. The van der Waals surface area contributed by atoms with Crippen molar-refractivity contribution in [1.82, 2.24) is 4.90 Å². The molecular weight excluding hydrogens is 488 g/mol. The lowest BCUT2D eigenvalue weighted by molar-refractivity contribution is 0.249. The van der Waals surface area contributed by atoms with Gasteiger partial charge in [0, 0.05) is 37.9 Å². The van der Waals surface area contributed by atoms with Gasteiger partial charge in [-0.15, -0.1) is 6.58 Å². The molecule has 0 spiro atoms. The number of aromatic hydroxyl groups is 1. The monoisotopic (exact) mass is 530 g/mol. The highest BCUT2D eigenvalue weighted by atomic mass is 16.5. The third-order valence-corrected chi connectivity index (χ3v) is 7.59. The number of aryl methyl sites for hydroxylation is 1. The van der Waals surface area contributed by atoms with Crippen LogP contribution in [0.3, 0.4) is 0 Å². The van der Waals surface area contributed by atoms with Gasteiger partial charge in [-0.2, -0.15) is 0 Å². The molecule has 0 bridgehead atoms. The molecule has 1 N–H and O–H groups in total.